The van der Waals surface area contributed by atoms with Gasteiger partial charge >= 0.3 is 12.4 Å². The van der Waals surface area contributed by atoms with Gasteiger partial charge in [-0.05, 0) is 44.4 Å². The van der Waals surface area contributed by atoms with Gasteiger partial charge in [0.15, 0.2) is 0 Å². The minimum atomic E-state index is -5.76. The number of alkyl halides is 6. The van der Waals surface area contributed by atoms with Crippen LogP contribution in [0.15, 0.2) is 12.3 Å². The van der Waals surface area contributed by atoms with Crippen LogP contribution in [0.25, 0.3) is 0 Å². The second-order valence-electron chi connectivity index (χ2n) is 6.92. The maximum atomic E-state index is 13.2. The third-order valence-corrected chi connectivity index (χ3v) is 5.38. The summed E-state index contributed by atoms with van der Waals surface area (Å²) in [6.07, 6.45) is -10.3. The van der Waals surface area contributed by atoms with Crippen molar-refractivity contribution in [3.63, 3.8) is 0 Å². The van der Waals surface area contributed by atoms with Gasteiger partial charge in [-0.1, -0.05) is 19.4 Å². The topological polar surface area (TPSA) is 29.5 Å². The lowest BCUT2D eigenvalue weighted by Crippen LogP contribution is -2.65. The minimum absolute atomic E-state index is 0.0488. The van der Waals surface area contributed by atoms with Crippen LogP contribution in [0.2, 0.25) is 0 Å². The SMILES string of the molecule is C=C(C)OC1CCC(C(O)(C(F)(F)F)C(F)(F)F)C2CCCCC12. The summed E-state index contributed by atoms with van der Waals surface area (Å²) in [6.45, 7) is 5.20. The normalized spacial score (nSPS) is 32.2. The van der Waals surface area contributed by atoms with E-state index in [2.05, 4.69) is 6.58 Å². The number of fused-ring (bicyclic) bond motifs is 1. The maximum Gasteiger partial charge on any atom is 0.426 e. The van der Waals surface area contributed by atoms with Crippen molar-refractivity contribution in [1.29, 1.82) is 0 Å². The van der Waals surface area contributed by atoms with Gasteiger partial charge in [0.25, 0.3) is 5.60 Å². The minimum Gasteiger partial charge on any atom is -0.495 e. The quantitative estimate of drug-likeness (QED) is 0.568. The summed E-state index contributed by atoms with van der Waals surface area (Å²) in [4.78, 5) is 0. The van der Waals surface area contributed by atoms with Gasteiger partial charge in [-0.15, -0.1) is 0 Å². The van der Waals surface area contributed by atoms with Crippen molar-refractivity contribution < 1.29 is 36.2 Å². The predicted octanol–water partition coefficient (Wildman–Crippen LogP) is 4.98. The van der Waals surface area contributed by atoms with E-state index in [0.29, 0.717) is 18.6 Å². The summed E-state index contributed by atoms with van der Waals surface area (Å²) in [5.74, 6) is -2.80. The highest BCUT2D eigenvalue weighted by atomic mass is 19.4. The molecule has 0 aromatic rings. The van der Waals surface area contributed by atoms with E-state index in [0.717, 1.165) is 6.42 Å². The first-order valence-electron chi connectivity index (χ1n) is 8.07. The molecule has 0 saturated heterocycles. The highest BCUT2D eigenvalue weighted by molar-refractivity contribution is 5.06. The van der Waals surface area contributed by atoms with Gasteiger partial charge in [-0.3, -0.25) is 0 Å². The van der Waals surface area contributed by atoms with Gasteiger partial charge < -0.3 is 9.84 Å². The number of aliphatic hydroxyl groups is 1. The van der Waals surface area contributed by atoms with Gasteiger partial charge in [0.1, 0.15) is 6.10 Å². The lowest BCUT2D eigenvalue weighted by molar-refractivity contribution is -0.394. The molecule has 0 amide bonds. The molecule has 4 unspecified atom stereocenters. The number of halogens is 6. The second-order valence-corrected chi connectivity index (χ2v) is 6.92. The van der Waals surface area contributed by atoms with Crippen molar-refractivity contribution in [2.45, 2.75) is 69.5 Å². The van der Waals surface area contributed by atoms with E-state index in [1.54, 1.807) is 6.92 Å². The van der Waals surface area contributed by atoms with Crippen molar-refractivity contribution in [3.05, 3.63) is 12.3 Å². The standard InChI is InChI=1S/C16H22F6O2/c1-9(2)24-13-8-7-12(10-5-3-4-6-11(10)13)14(23,15(17,18)19)16(20,21)22/h10-13,23H,1,3-8H2,2H3. The van der Waals surface area contributed by atoms with Crippen molar-refractivity contribution in [2.24, 2.45) is 17.8 Å². The summed E-state index contributed by atoms with van der Waals surface area (Å²) in [5.41, 5.74) is -4.67. The van der Waals surface area contributed by atoms with Crippen LogP contribution < -0.4 is 0 Å². The molecular formula is C16H22F6O2. The molecule has 0 bridgehead atoms. The van der Waals surface area contributed by atoms with Crippen LogP contribution in [-0.4, -0.2) is 29.2 Å². The zero-order chi connectivity index (χ0) is 18.3. The van der Waals surface area contributed by atoms with Gasteiger partial charge in [-0.25, -0.2) is 0 Å². The predicted molar refractivity (Wildman–Crippen MR) is 74.9 cm³/mol. The summed E-state index contributed by atoms with van der Waals surface area (Å²) in [6, 6.07) is 0. The van der Waals surface area contributed by atoms with Crippen molar-refractivity contribution in [1.82, 2.24) is 0 Å². The van der Waals surface area contributed by atoms with E-state index in [9.17, 15) is 31.4 Å². The van der Waals surface area contributed by atoms with Gasteiger partial charge in [-0.2, -0.15) is 26.3 Å². The molecule has 0 radical (unpaired) electrons. The molecule has 140 valence electrons. The first kappa shape index (κ1) is 19.4. The molecule has 0 aliphatic heterocycles. The Morgan fingerprint density at radius 2 is 1.42 bits per heavy atom. The largest absolute Gasteiger partial charge is 0.495 e. The fraction of sp³-hybridized carbons (Fsp3) is 0.875. The molecule has 2 aliphatic carbocycles. The van der Waals surface area contributed by atoms with Crippen LogP contribution in [0.4, 0.5) is 26.3 Å². The Bertz CT molecular complexity index is 456. The molecule has 0 aromatic carbocycles. The lowest BCUT2D eigenvalue weighted by Gasteiger charge is -2.51. The molecule has 0 spiro atoms. The lowest BCUT2D eigenvalue weighted by atomic mass is 9.59. The van der Waals surface area contributed by atoms with Crippen molar-refractivity contribution in [3.8, 4) is 0 Å². The van der Waals surface area contributed by atoms with Gasteiger partial charge in [0.2, 0.25) is 0 Å². The molecular weight excluding hydrogens is 338 g/mol. The molecule has 2 saturated carbocycles. The molecule has 1 N–H and O–H groups in total. The Morgan fingerprint density at radius 1 is 0.917 bits per heavy atom. The summed E-state index contributed by atoms with van der Waals surface area (Å²) < 4.78 is 85.0. The number of allylic oxidation sites excluding steroid dienone is 1. The number of ether oxygens (including phenoxy) is 1. The first-order chi connectivity index (χ1) is 10.9. The third kappa shape index (κ3) is 3.26. The molecule has 2 rings (SSSR count). The smallest absolute Gasteiger partial charge is 0.426 e. The highest BCUT2D eigenvalue weighted by Gasteiger charge is 2.75. The Kier molecular flexibility index (Phi) is 5.19. The monoisotopic (exact) mass is 360 g/mol. The van der Waals surface area contributed by atoms with E-state index >= 15 is 0 Å². The number of hydrogen-bond donors (Lipinski definition) is 1. The summed E-state index contributed by atoms with van der Waals surface area (Å²) in [7, 11) is 0. The van der Waals surface area contributed by atoms with E-state index in [4.69, 9.17) is 4.74 Å². The van der Waals surface area contributed by atoms with E-state index in [1.807, 2.05) is 0 Å². The summed E-state index contributed by atoms with van der Waals surface area (Å²) in [5, 5.41) is 9.81. The average molecular weight is 360 g/mol. The third-order valence-electron chi connectivity index (χ3n) is 5.38. The fourth-order valence-electron chi connectivity index (χ4n) is 4.43. The average Bonchev–Trinajstić information content (AvgIpc) is 2.44. The van der Waals surface area contributed by atoms with Crippen LogP contribution in [0.3, 0.4) is 0 Å². The number of hydrogen-bond acceptors (Lipinski definition) is 2. The van der Waals surface area contributed by atoms with Gasteiger partial charge in [0, 0.05) is 5.92 Å². The molecule has 0 aromatic heterocycles. The van der Waals surface area contributed by atoms with Crippen molar-refractivity contribution in [2.75, 3.05) is 0 Å². The molecule has 2 aliphatic rings. The van der Waals surface area contributed by atoms with Crippen LogP contribution in [-0.2, 0) is 4.74 Å². The van der Waals surface area contributed by atoms with E-state index in [1.165, 1.54) is 0 Å². The van der Waals surface area contributed by atoms with Crippen LogP contribution in [0.1, 0.15) is 45.4 Å². The Balaban J connectivity index is 2.38. The van der Waals surface area contributed by atoms with E-state index in [-0.39, 0.29) is 19.3 Å². The maximum absolute atomic E-state index is 13.2. The molecule has 8 heteroatoms. The number of rotatable bonds is 3. The van der Waals surface area contributed by atoms with Crippen LogP contribution in [0.5, 0.6) is 0 Å². The highest BCUT2D eigenvalue weighted by Crippen LogP contribution is 2.57. The first-order valence-corrected chi connectivity index (χ1v) is 8.07. The zero-order valence-corrected chi connectivity index (χ0v) is 13.4. The van der Waals surface area contributed by atoms with Crippen LogP contribution >= 0.6 is 0 Å². The molecule has 2 nitrogen and oxygen atoms in total. The Hall–Kier alpha value is -0.920. The second kappa shape index (κ2) is 6.42. The Labute approximate surface area is 136 Å². The van der Waals surface area contributed by atoms with E-state index < -0.39 is 41.8 Å². The van der Waals surface area contributed by atoms with Crippen LogP contribution in [0, 0.1) is 17.8 Å². The summed E-state index contributed by atoms with van der Waals surface area (Å²) >= 11 is 0. The molecule has 24 heavy (non-hydrogen) atoms. The molecule has 0 heterocycles. The molecule has 4 atom stereocenters. The zero-order valence-electron chi connectivity index (χ0n) is 13.4. The Morgan fingerprint density at radius 3 is 1.88 bits per heavy atom. The van der Waals surface area contributed by atoms with Crippen molar-refractivity contribution >= 4 is 0 Å². The molecule has 2 fully saturated rings. The van der Waals surface area contributed by atoms with Gasteiger partial charge in [0.05, 0.1) is 5.76 Å². The fourth-order valence-corrected chi connectivity index (χ4v) is 4.43.